The average Bonchev–Trinajstić information content (AvgIpc) is 3.58. The molecule has 0 aliphatic heterocycles. The number of fused-ring (bicyclic) bond motifs is 1. The van der Waals surface area contributed by atoms with Gasteiger partial charge in [-0.2, -0.15) is 9.78 Å². The average molecular weight is 412 g/mol. The molecule has 0 radical (unpaired) electrons. The van der Waals surface area contributed by atoms with E-state index in [1.165, 1.54) is 5.56 Å². The molecule has 1 fully saturated rings. The molecule has 0 spiro atoms. The molecule has 1 amide bonds. The van der Waals surface area contributed by atoms with Gasteiger partial charge >= 0.3 is 0 Å². The van der Waals surface area contributed by atoms with Gasteiger partial charge in [0, 0.05) is 17.8 Å². The highest BCUT2D eigenvalue weighted by atomic mass is 16.1. The number of carbonyl (C=O) groups excluding carboxylic acids is 1. The van der Waals surface area contributed by atoms with E-state index in [0.717, 1.165) is 35.2 Å². The molecule has 6 heteroatoms. The lowest BCUT2D eigenvalue weighted by Crippen LogP contribution is -2.27. The van der Waals surface area contributed by atoms with E-state index >= 15 is 0 Å². The summed E-state index contributed by atoms with van der Waals surface area (Å²) in [7, 11) is 0. The molecule has 0 bridgehead atoms. The second kappa shape index (κ2) is 7.61. The van der Waals surface area contributed by atoms with Crippen molar-refractivity contribution in [3.63, 3.8) is 0 Å². The Morgan fingerprint density at radius 1 is 1.13 bits per heavy atom. The fraction of sp³-hybridized carbons (Fsp3) is 0.280. The number of aromatic nitrogens is 4. The minimum Gasteiger partial charge on any atom is -0.345 e. The number of carbonyl (C=O) groups is 1. The molecular formula is C25H25N5O. The van der Waals surface area contributed by atoms with Crippen LogP contribution in [0.5, 0.6) is 0 Å². The van der Waals surface area contributed by atoms with Gasteiger partial charge < -0.3 is 5.32 Å². The van der Waals surface area contributed by atoms with Crippen molar-refractivity contribution < 1.29 is 4.79 Å². The third-order valence-electron chi connectivity index (χ3n) is 5.86. The highest BCUT2D eigenvalue weighted by Crippen LogP contribution is 2.40. The number of amides is 1. The van der Waals surface area contributed by atoms with Gasteiger partial charge in [0.15, 0.2) is 11.5 Å². The fourth-order valence-electron chi connectivity index (χ4n) is 3.93. The fourth-order valence-corrected chi connectivity index (χ4v) is 3.93. The summed E-state index contributed by atoms with van der Waals surface area (Å²) in [5, 5.41) is 8.63. The molecule has 1 aliphatic rings. The van der Waals surface area contributed by atoms with Crippen molar-refractivity contribution in [2.24, 2.45) is 0 Å². The highest BCUT2D eigenvalue weighted by molar-refractivity contribution is 6.07. The molecule has 5 rings (SSSR count). The van der Waals surface area contributed by atoms with Crippen LogP contribution in [0.4, 0.5) is 0 Å². The number of hydrogen-bond acceptors (Lipinski definition) is 4. The van der Waals surface area contributed by atoms with Gasteiger partial charge in [0.1, 0.15) is 0 Å². The van der Waals surface area contributed by atoms with E-state index in [1.54, 1.807) is 10.9 Å². The number of aryl methyl sites for hydroxylation is 2. The summed E-state index contributed by atoms with van der Waals surface area (Å²) >= 11 is 0. The summed E-state index contributed by atoms with van der Waals surface area (Å²) in [5.41, 5.74) is 5.32. The van der Waals surface area contributed by atoms with E-state index in [0.29, 0.717) is 22.9 Å². The largest absolute Gasteiger partial charge is 0.345 e. The van der Waals surface area contributed by atoms with Crippen LogP contribution in [0, 0.1) is 13.8 Å². The Kier molecular flexibility index (Phi) is 4.77. The molecule has 1 N–H and O–H groups in total. The third kappa shape index (κ3) is 3.69. The van der Waals surface area contributed by atoms with Crippen LogP contribution in [0.15, 0.2) is 54.7 Å². The summed E-state index contributed by atoms with van der Waals surface area (Å²) in [5.74, 6) is 1.00. The van der Waals surface area contributed by atoms with E-state index in [4.69, 9.17) is 4.98 Å². The van der Waals surface area contributed by atoms with E-state index in [1.807, 2.05) is 38.1 Å². The van der Waals surface area contributed by atoms with Gasteiger partial charge in [0.05, 0.1) is 22.7 Å². The van der Waals surface area contributed by atoms with Gasteiger partial charge in [-0.05, 0) is 57.4 Å². The standard InChI is InChI=1S/C25H25N5O/c1-15-7-9-18(10-8-15)16(2)27-25(31)20-14-21(19-11-12-19)28-24-23(20)17(3)29-30(24)22-6-4-5-13-26-22/h4-10,13-14,16,19H,11-12H2,1-3H3,(H,27,31). The molecule has 1 saturated carbocycles. The van der Waals surface area contributed by atoms with E-state index in [-0.39, 0.29) is 11.9 Å². The Morgan fingerprint density at radius 3 is 2.58 bits per heavy atom. The zero-order valence-electron chi connectivity index (χ0n) is 18.0. The number of nitrogens with zero attached hydrogens (tertiary/aromatic N) is 4. The van der Waals surface area contributed by atoms with Crippen molar-refractivity contribution in [3.8, 4) is 5.82 Å². The first-order valence-electron chi connectivity index (χ1n) is 10.7. The lowest BCUT2D eigenvalue weighted by atomic mass is 10.0. The van der Waals surface area contributed by atoms with Gasteiger partial charge in [0.2, 0.25) is 0 Å². The predicted molar refractivity (Wildman–Crippen MR) is 120 cm³/mol. The van der Waals surface area contributed by atoms with Crippen LogP contribution < -0.4 is 5.32 Å². The molecule has 0 saturated heterocycles. The van der Waals surface area contributed by atoms with Crippen LogP contribution in [0.1, 0.15) is 64.6 Å². The van der Waals surface area contributed by atoms with Gasteiger partial charge in [-0.3, -0.25) is 4.79 Å². The monoisotopic (exact) mass is 411 g/mol. The molecule has 3 heterocycles. The molecule has 1 unspecified atom stereocenters. The minimum atomic E-state index is -0.106. The van der Waals surface area contributed by atoms with E-state index in [2.05, 4.69) is 46.6 Å². The van der Waals surface area contributed by atoms with Crippen LogP contribution in [0.2, 0.25) is 0 Å². The van der Waals surface area contributed by atoms with Crippen LogP contribution in [-0.2, 0) is 0 Å². The molecule has 1 atom stereocenters. The summed E-state index contributed by atoms with van der Waals surface area (Å²) in [6.07, 6.45) is 3.95. The quantitative estimate of drug-likeness (QED) is 0.512. The zero-order valence-corrected chi connectivity index (χ0v) is 18.0. The lowest BCUT2D eigenvalue weighted by Gasteiger charge is -2.16. The van der Waals surface area contributed by atoms with Crippen molar-refractivity contribution in [2.45, 2.75) is 45.6 Å². The maximum atomic E-state index is 13.4. The van der Waals surface area contributed by atoms with Crippen LogP contribution in [0.3, 0.4) is 0 Å². The molecule has 3 aromatic heterocycles. The van der Waals surface area contributed by atoms with E-state index in [9.17, 15) is 4.79 Å². The van der Waals surface area contributed by atoms with Gasteiger partial charge in [-0.15, -0.1) is 0 Å². The molecule has 4 aromatic rings. The maximum absolute atomic E-state index is 13.4. The minimum absolute atomic E-state index is 0.105. The van der Waals surface area contributed by atoms with Crippen molar-refractivity contribution in [2.75, 3.05) is 0 Å². The highest BCUT2D eigenvalue weighted by Gasteiger charge is 2.29. The Labute approximate surface area is 181 Å². The Bertz CT molecular complexity index is 1260. The maximum Gasteiger partial charge on any atom is 0.252 e. The first-order valence-corrected chi connectivity index (χ1v) is 10.7. The SMILES string of the molecule is Cc1ccc(C(C)NC(=O)c2cc(C3CC3)nc3c2c(C)nn3-c2ccccn2)cc1. The zero-order chi connectivity index (χ0) is 21.5. The lowest BCUT2D eigenvalue weighted by molar-refractivity contribution is 0.0941. The van der Waals surface area contributed by atoms with Crippen molar-refractivity contribution in [3.05, 3.63) is 82.8 Å². The summed E-state index contributed by atoms with van der Waals surface area (Å²) in [4.78, 5) is 22.7. The second-order valence-electron chi connectivity index (χ2n) is 8.36. The summed E-state index contributed by atoms with van der Waals surface area (Å²) < 4.78 is 1.75. The summed E-state index contributed by atoms with van der Waals surface area (Å²) in [6.45, 7) is 5.98. The molecule has 1 aliphatic carbocycles. The number of rotatable bonds is 5. The second-order valence-corrected chi connectivity index (χ2v) is 8.36. The van der Waals surface area contributed by atoms with Gasteiger partial charge in [-0.1, -0.05) is 35.9 Å². The molecule has 6 nitrogen and oxygen atoms in total. The Morgan fingerprint density at radius 2 is 1.90 bits per heavy atom. The first-order chi connectivity index (χ1) is 15.0. The summed E-state index contributed by atoms with van der Waals surface area (Å²) in [6, 6.07) is 15.8. The number of pyridine rings is 2. The molecule has 156 valence electrons. The molecular weight excluding hydrogens is 386 g/mol. The first kappa shape index (κ1) is 19.4. The van der Waals surface area contributed by atoms with Crippen molar-refractivity contribution in [1.29, 1.82) is 0 Å². The molecule has 1 aromatic carbocycles. The molecule has 31 heavy (non-hydrogen) atoms. The number of benzene rings is 1. The Hall–Kier alpha value is -3.54. The third-order valence-corrected chi connectivity index (χ3v) is 5.86. The van der Waals surface area contributed by atoms with Crippen LogP contribution in [0.25, 0.3) is 16.9 Å². The van der Waals surface area contributed by atoms with Gasteiger partial charge in [0.25, 0.3) is 5.91 Å². The Balaban J connectivity index is 1.58. The topological polar surface area (TPSA) is 72.7 Å². The predicted octanol–water partition coefficient (Wildman–Crippen LogP) is 4.80. The van der Waals surface area contributed by atoms with Crippen LogP contribution >= 0.6 is 0 Å². The normalized spacial score (nSPS) is 14.5. The number of hydrogen-bond donors (Lipinski definition) is 1. The van der Waals surface area contributed by atoms with Gasteiger partial charge in [-0.25, -0.2) is 9.97 Å². The van der Waals surface area contributed by atoms with Crippen molar-refractivity contribution >= 4 is 16.9 Å². The van der Waals surface area contributed by atoms with Crippen LogP contribution in [-0.4, -0.2) is 25.7 Å². The number of nitrogens with one attached hydrogen (secondary N) is 1. The smallest absolute Gasteiger partial charge is 0.252 e. The van der Waals surface area contributed by atoms with Crippen molar-refractivity contribution in [1.82, 2.24) is 25.1 Å². The van der Waals surface area contributed by atoms with E-state index < -0.39 is 0 Å².